The number of rotatable bonds is 2. The Morgan fingerprint density at radius 1 is 1.33 bits per heavy atom. The summed E-state index contributed by atoms with van der Waals surface area (Å²) in [6, 6.07) is 3.40. The average Bonchev–Trinajstić information content (AvgIpc) is 2.65. The Morgan fingerprint density at radius 2 is 2.07 bits per heavy atom. The summed E-state index contributed by atoms with van der Waals surface area (Å²) in [6.07, 6.45) is 4.62. The lowest BCUT2D eigenvalue weighted by Crippen LogP contribution is -2.07. The van der Waals surface area contributed by atoms with Crippen LogP contribution in [-0.4, -0.2) is 10.7 Å². The van der Waals surface area contributed by atoms with E-state index in [1.807, 2.05) is 13.0 Å². The zero-order valence-electron chi connectivity index (χ0n) is 8.84. The molecule has 1 aliphatic carbocycles. The number of aromatic amines is 1. The summed E-state index contributed by atoms with van der Waals surface area (Å²) in [6.45, 7) is 1.86. The van der Waals surface area contributed by atoms with Crippen molar-refractivity contribution in [1.82, 2.24) is 4.98 Å². The van der Waals surface area contributed by atoms with Gasteiger partial charge in [0, 0.05) is 17.5 Å². The molecule has 2 rings (SSSR count). The van der Waals surface area contributed by atoms with Gasteiger partial charge in [0.25, 0.3) is 0 Å². The second-order valence-corrected chi connectivity index (χ2v) is 3.91. The van der Waals surface area contributed by atoms with Gasteiger partial charge >= 0.3 is 0 Å². The minimum absolute atomic E-state index is 0.0934. The van der Waals surface area contributed by atoms with Crippen LogP contribution in [0.5, 0.6) is 0 Å². The molecule has 1 aliphatic rings. The van der Waals surface area contributed by atoms with E-state index in [9.17, 15) is 4.79 Å². The van der Waals surface area contributed by atoms with Gasteiger partial charge < -0.3 is 4.98 Å². The Bertz CT molecular complexity index is 426. The molecule has 0 radical (unpaired) electrons. The molecular formula is C11H15N3O. The number of nitrogens with one attached hydrogen (secondary N) is 2. The zero-order chi connectivity index (χ0) is 10.7. The first-order chi connectivity index (χ1) is 7.24. The number of hydrazone groups is 1. The predicted octanol–water partition coefficient (Wildman–Crippen LogP) is 2.03. The highest BCUT2D eigenvalue weighted by Crippen LogP contribution is 2.15. The van der Waals surface area contributed by atoms with E-state index in [1.165, 1.54) is 24.6 Å². The number of anilines is 1. The molecule has 0 spiro atoms. The SMILES string of the molecule is Cc1cc(NN=C2CCCC2)cc(=O)[nH]1. The summed E-state index contributed by atoms with van der Waals surface area (Å²) in [5, 5.41) is 4.29. The second kappa shape index (κ2) is 4.29. The van der Waals surface area contributed by atoms with Gasteiger partial charge in [0.1, 0.15) is 0 Å². The Kier molecular flexibility index (Phi) is 2.85. The van der Waals surface area contributed by atoms with Crippen molar-refractivity contribution in [2.75, 3.05) is 5.43 Å². The molecule has 1 aromatic rings. The molecule has 1 aromatic heterocycles. The first-order valence-corrected chi connectivity index (χ1v) is 5.26. The van der Waals surface area contributed by atoms with Crippen molar-refractivity contribution in [3.05, 3.63) is 28.2 Å². The van der Waals surface area contributed by atoms with E-state index < -0.39 is 0 Å². The van der Waals surface area contributed by atoms with E-state index >= 15 is 0 Å². The van der Waals surface area contributed by atoms with E-state index in [4.69, 9.17) is 0 Å². The lowest BCUT2D eigenvalue weighted by atomic mass is 10.3. The molecule has 1 heterocycles. The van der Waals surface area contributed by atoms with Gasteiger partial charge in [-0.15, -0.1) is 0 Å². The Balaban J connectivity index is 2.10. The second-order valence-electron chi connectivity index (χ2n) is 3.91. The number of aryl methyl sites for hydroxylation is 1. The molecule has 15 heavy (non-hydrogen) atoms. The van der Waals surface area contributed by atoms with E-state index in [0.29, 0.717) is 0 Å². The number of aromatic nitrogens is 1. The lowest BCUT2D eigenvalue weighted by Gasteiger charge is -2.02. The number of pyridine rings is 1. The maximum Gasteiger partial charge on any atom is 0.250 e. The molecule has 4 nitrogen and oxygen atoms in total. The van der Waals surface area contributed by atoms with Crippen molar-refractivity contribution in [3.63, 3.8) is 0 Å². The largest absolute Gasteiger partial charge is 0.326 e. The molecule has 1 fully saturated rings. The van der Waals surface area contributed by atoms with E-state index in [0.717, 1.165) is 24.2 Å². The van der Waals surface area contributed by atoms with Crippen LogP contribution >= 0.6 is 0 Å². The molecule has 0 unspecified atom stereocenters. The third-order valence-corrected chi connectivity index (χ3v) is 2.50. The minimum atomic E-state index is -0.0934. The molecule has 80 valence electrons. The van der Waals surface area contributed by atoms with Crippen LogP contribution in [0.15, 0.2) is 22.0 Å². The van der Waals surface area contributed by atoms with Crippen molar-refractivity contribution in [2.24, 2.45) is 5.10 Å². The molecule has 0 amide bonds. The highest BCUT2D eigenvalue weighted by molar-refractivity contribution is 5.86. The highest BCUT2D eigenvalue weighted by atomic mass is 16.1. The van der Waals surface area contributed by atoms with Crippen LogP contribution in [0.25, 0.3) is 0 Å². The predicted molar refractivity (Wildman–Crippen MR) is 61.3 cm³/mol. The third kappa shape index (κ3) is 2.68. The van der Waals surface area contributed by atoms with Gasteiger partial charge in [-0.05, 0) is 38.7 Å². The van der Waals surface area contributed by atoms with Crippen LogP contribution in [0.2, 0.25) is 0 Å². The maximum atomic E-state index is 11.2. The molecule has 0 aliphatic heterocycles. The number of nitrogens with zero attached hydrogens (tertiary/aromatic N) is 1. The maximum absolute atomic E-state index is 11.2. The van der Waals surface area contributed by atoms with Gasteiger partial charge in [0.05, 0.1) is 5.69 Å². The van der Waals surface area contributed by atoms with Crippen LogP contribution in [0.3, 0.4) is 0 Å². The number of hydrogen-bond donors (Lipinski definition) is 2. The van der Waals surface area contributed by atoms with Crippen LogP contribution in [-0.2, 0) is 0 Å². The van der Waals surface area contributed by atoms with Crippen molar-refractivity contribution >= 4 is 11.4 Å². The van der Waals surface area contributed by atoms with Crippen molar-refractivity contribution in [1.29, 1.82) is 0 Å². The Labute approximate surface area is 88.4 Å². The molecule has 1 saturated carbocycles. The molecule has 0 aromatic carbocycles. The highest BCUT2D eigenvalue weighted by Gasteiger charge is 2.07. The van der Waals surface area contributed by atoms with Gasteiger partial charge in [0.15, 0.2) is 0 Å². The van der Waals surface area contributed by atoms with Crippen molar-refractivity contribution < 1.29 is 0 Å². The fourth-order valence-corrected chi connectivity index (χ4v) is 1.79. The monoisotopic (exact) mass is 205 g/mol. The van der Waals surface area contributed by atoms with Gasteiger partial charge in [0.2, 0.25) is 5.56 Å². The summed E-state index contributed by atoms with van der Waals surface area (Å²) < 4.78 is 0. The van der Waals surface area contributed by atoms with Crippen LogP contribution in [0.1, 0.15) is 31.4 Å². The quantitative estimate of drug-likeness (QED) is 0.726. The molecule has 2 N–H and O–H groups in total. The van der Waals surface area contributed by atoms with Crippen LogP contribution < -0.4 is 11.0 Å². The number of H-pyrrole nitrogens is 1. The molecule has 4 heteroatoms. The summed E-state index contributed by atoms with van der Waals surface area (Å²) in [4.78, 5) is 13.9. The van der Waals surface area contributed by atoms with E-state index in [1.54, 1.807) is 0 Å². The summed E-state index contributed by atoms with van der Waals surface area (Å²) in [5.41, 5.74) is 5.65. The van der Waals surface area contributed by atoms with E-state index in [-0.39, 0.29) is 5.56 Å². The smallest absolute Gasteiger partial charge is 0.250 e. The third-order valence-electron chi connectivity index (χ3n) is 2.50. The summed E-state index contributed by atoms with van der Waals surface area (Å²) in [5.74, 6) is 0. The first kappa shape index (κ1) is 9.96. The Hall–Kier alpha value is -1.58. The van der Waals surface area contributed by atoms with Gasteiger partial charge in [-0.3, -0.25) is 10.2 Å². The lowest BCUT2D eigenvalue weighted by molar-refractivity contribution is 0.886. The van der Waals surface area contributed by atoms with E-state index in [2.05, 4.69) is 15.5 Å². The number of hydrogen-bond acceptors (Lipinski definition) is 3. The van der Waals surface area contributed by atoms with Crippen molar-refractivity contribution in [2.45, 2.75) is 32.6 Å². The average molecular weight is 205 g/mol. The first-order valence-electron chi connectivity index (χ1n) is 5.26. The minimum Gasteiger partial charge on any atom is -0.326 e. The van der Waals surface area contributed by atoms with Gasteiger partial charge in [-0.2, -0.15) is 5.10 Å². The fraction of sp³-hybridized carbons (Fsp3) is 0.455. The van der Waals surface area contributed by atoms with Gasteiger partial charge in [-0.25, -0.2) is 0 Å². The van der Waals surface area contributed by atoms with Gasteiger partial charge in [-0.1, -0.05) is 0 Å². The fourth-order valence-electron chi connectivity index (χ4n) is 1.79. The standard InChI is InChI=1S/C11H15N3O/c1-8-6-10(7-11(15)12-8)14-13-9-4-2-3-5-9/h6-7H,2-5H2,1H3,(H2,12,14,15). The topological polar surface area (TPSA) is 57.2 Å². The molecular weight excluding hydrogens is 190 g/mol. The molecule has 0 bridgehead atoms. The summed E-state index contributed by atoms with van der Waals surface area (Å²) in [7, 11) is 0. The zero-order valence-corrected chi connectivity index (χ0v) is 8.84. The molecule has 0 saturated heterocycles. The normalized spacial score (nSPS) is 15.4. The summed E-state index contributed by atoms with van der Waals surface area (Å²) >= 11 is 0. The molecule has 0 atom stereocenters. The van der Waals surface area contributed by atoms with Crippen molar-refractivity contribution in [3.8, 4) is 0 Å². The van der Waals surface area contributed by atoms with Crippen LogP contribution in [0.4, 0.5) is 5.69 Å². The van der Waals surface area contributed by atoms with Crippen LogP contribution in [0, 0.1) is 6.92 Å². The Morgan fingerprint density at radius 3 is 2.73 bits per heavy atom.